The molecule has 2 heterocycles. The number of rotatable bonds is 6. The summed E-state index contributed by atoms with van der Waals surface area (Å²) in [5, 5.41) is 3.97. The SMILES string of the molecule is COc1cc(C)n(CCNC(=O)Cn2ccc3ccccc32)c(=O)c1. The first-order chi connectivity index (χ1) is 12.1. The number of hydrogen-bond donors (Lipinski definition) is 1. The zero-order chi connectivity index (χ0) is 17.8. The summed E-state index contributed by atoms with van der Waals surface area (Å²) >= 11 is 0. The highest BCUT2D eigenvalue weighted by molar-refractivity contribution is 5.83. The number of amides is 1. The van der Waals surface area contributed by atoms with Gasteiger partial charge in [0.1, 0.15) is 12.3 Å². The second kappa shape index (κ2) is 7.25. The molecule has 0 bridgehead atoms. The number of hydrogen-bond acceptors (Lipinski definition) is 3. The maximum Gasteiger partial charge on any atom is 0.254 e. The number of aryl methyl sites for hydroxylation is 1. The Morgan fingerprint density at radius 1 is 1.20 bits per heavy atom. The van der Waals surface area contributed by atoms with Crippen LogP contribution in [0.1, 0.15) is 5.69 Å². The fourth-order valence-electron chi connectivity index (χ4n) is 2.90. The van der Waals surface area contributed by atoms with E-state index in [0.717, 1.165) is 16.6 Å². The van der Waals surface area contributed by atoms with E-state index in [4.69, 9.17) is 4.74 Å². The van der Waals surface area contributed by atoms with Gasteiger partial charge in [0.05, 0.1) is 7.11 Å². The topological polar surface area (TPSA) is 65.3 Å². The molecular weight excluding hydrogens is 318 g/mol. The Bertz CT molecular complexity index is 956. The number of carbonyl (C=O) groups excluding carboxylic acids is 1. The summed E-state index contributed by atoms with van der Waals surface area (Å²) in [6.07, 6.45) is 1.91. The summed E-state index contributed by atoms with van der Waals surface area (Å²) in [5.41, 5.74) is 1.69. The van der Waals surface area contributed by atoms with Crippen LogP contribution < -0.4 is 15.6 Å². The average molecular weight is 339 g/mol. The third-order valence-electron chi connectivity index (χ3n) is 4.20. The Morgan fingerprint density at radius 2 is 2.00 bits per heavy atom. The molecule has 130 valence electrons. The quantitative estimate of drug-likeness (QED) is 0.746. The number of carbonyl (C=O) groups is 1. The lowest BCUT2D eigenvalue weighted by atomic mass is 10.2. The van der Waals surface area contributed by atoms with Gasteiger partial charge in [-0.1, -0.05) is 18.2 Å². The minimum absolute atomic E-state index is 0.0828. The van der Waals surface area contributed by atoms with Crippen LogP contribution in [0.5, 0.6) is 5.75 Å². The van der Waals surface area contributed by atoms with Gasteiger partial charge in [0.15, 0.2) is 0 Å². The third-order valence-corrected chi connectivity index (χ3v) is 4.20. The minimum atomic E-state index is -0.137. The summed E-state index contributed by atoms with van der Waals surface area (Å²) < 4.78 is 8.61. The van der Waals surface area contributed by atoms with Crippen molar-refractivity contribution in [3.63, 3.8) is 0 Å². The van der Waals surface area contributed by atoms with Gasteiger partial charge in [-0.05, 0) is 30.5 Å². The third kappa shape index (κ3) is 3.74. The Hall–Kier alpha value is -3.02. The standard InChI is InChI=1S/C19H21N3O3/c1-14-11-16(25-2)12-19(24)22(14)10-8-20-18(23)13-21-9-7-15-5-3-4-6-17(15)21/h3-7,9,11-12H,8,10,13H2,1-2H3,(H,20,23). The molecule has 6 heteroatoms. The second-order valence-corrected chi connectivity index (χ2v) is 5.88. The minimum Gasteiger partial charge on any atom is -0.496 e. The van der Waals surface area contributed by atoms with Gasteiger partial charge >= 0.3 is 0 Å². The second-order valence-electron chi connectivity index (χ2n) is 5.88. The van der Waals surface area contributed by atoms with Crippen molar-refractivity contribution in [2.24, 2.45) is 0 Å². The maximum atomic E-state index is 12.2. The van der Waals surface area contributed by atoms with E-state index in [1.807, 2.05) is 48.0 Å². The van der Waals surface area contributed by atoms with Crippen molar-refractivity contribution in [2.75, 3.05) is 13.7 Å². The molecule has 0 aliphatic heterocycles. The number of para-hydroxylation sites is 1. The molecule has 0 aliphatic carbocycles. The summed E-state index contributed by atoms with van der Waals surface area (Å²) in [6, 6.07) is 13.2. The number of benzene rings is 1. The first-order valence-corrected chi connectivity index (χ1v) is 8.14. The molecule has 0 fully saturated rings. The van der Waals surface area contributed by atoms with Crippen LogP contribution in [0.2, 0.25) is 0 Å². The molecule has 1 amide bonds. The molecule has 0 aliphatic rings. The van der Waals surface area contributed by atoms with Gasteiger partial charge in [-0.2, -0.15) is 0 Å². The number of nitrogens with one attached hydrogen (secondary N) is 1. The van der Waals surface area contributed by atoms with Crippen LogP contribution in [-0.4, -0.2) is 28.7 Å². The lowest BCUT2D eigenvalue weighted by Crippen LogP contribution is -2.33. The molecule has 1 aromatic carbocycles. The summed E-state index contributed by atoms with van der Waals surface area (Å²) in [5.74, 6) is 0.461. The average Bonchev–Trinajstić information content (AvgIpc) is 3.00. The summed E-state index contributed by atoms with van der Waals surface area (Å²) in [4.78, 5) is 24.2. The summed E-state index contributed by atoms with van der Waals surface area (Å²) in [6.45, 7) is 2.92. The van der Waals surface area contributed by atoms with Crippen LogP contribution in [-0.2, 0) is 17.9 Å². The van der Waals surface area contributed by atoms with Crippen LogP contribution in [0.4, 0.5) is 0 Å². The van der Waals surface area contributed by atoms with Gasteiger partial charge in [-0.25, -0.2) is 0 Å². The van der Waals surface area contributed by atoms with Gasteiger partial charge in [0, 0.05) is 36.6 Å². The van der Waals surface area contributed by atoms with Crippen molar-refractivity contribution >= 4 is 16.8 Å². The highest BCUT2D eigenvalue weighted by Crippen LogP contribution is 2.14. The van der Waals surface area contributed by atoms with Crippen molar-refractivity contribution in [1.82, 2.24) is 14.5 Å². The molecule has 3 rings (SSSR count). The molecule has 0 radical (unpaired) electrons. The van der Waals surface area contributed by atoms with Gasteiger partial charge in [-0.15, -0.1) is 0 Å². The molecule has 0 spiro atoms. The van der Waals surface area contributed by atoms with E-state index in [-0.39, 0.29) is 18.0 Å². The Kier molecular flexibility index (Phi) is 4.88. The van der Waals surface area contributed by atoms with Crippen LogP contribution in [0, 0.1) is 6.92 Å². The van der Waals surface area contributed by atoms with E-state index in [1.54, 1.807) is 10.6 Å². The first kappa shape index (κ1) is 16.8. The molecule has 25 heavy (non-hydrogen) atoms. The molecule has 1 N–H and O–H groups in total. The molecule has 0 saturated carbocycles. The zero-order valence-electron chi connectivity index (χ0n) is 14.4. The molecule has 0 saturated heterocycles. The molecule has 0 atom stereocenters. The molecular formula is C19H21N3O3. The number of methoxy groups -OCH3 is 1. The Balaban J connectivity index is 1.59. The molecule has 3 aromatic rings. The molecule has 0 unspecified atom stereocenters. The van der Waals surface area contributed by atoms with Crippen LogP contribution in [0.25, 0.3) is 10.9 Å². The van der Waals surface area contributed by atoms with Crippen LogP contribution in [0.3, 0.4) is 0 Å². The van der Waals surface area contributed by atoms with Crippen molar-refractivity contribution in [3.8, 4) is 5.75 Å². The first-order valence-electron chi connectivity index (χ1n) is 8.14. The smallest absolute Gasteiger partial charge is 0.254 e. The van der Waals surface area contributed by atoms with E-state index in [9.17, 15) is 9.59 Å². The van der Waals surface area contributed by atoms with Gasteiger partial charge in [-0.3, -0.25) is 9.59 Å². The zero-order valence-corrected chi connectivity index (χ0v) is 14.4. The predicted octanol–water partition coefficient (Wildman–Crippen LogP) is 1.94. The van der Waals surface area contributed by atoms with Crippen molar-refractivity contribution in [3.05, 3.63) is 64.7 Å². The predicted molar refractivity (Wildman–Crippen MR) is 96.9 cm³/mol. The van der Waals surface area contributed by atoms with E-state index in [1.165, 1.54) is 13.2 Å². The van der Waals surface area contributed by atoms with E-state index in [2.05, 4.69) is 5.32 Å². The monoisotopic (exact) mass is 339 g/mol. The summed E-state index contributed by atoms with van der Waals surface area (Å²) in [7, 11) is 1.53. The number of ether oxygens (including phenoxy) is 1. The van der Waals surface area contributed by atoms with E-state index < -0.39 is 0 Å². The fourth-order valence-corrected chi connectivity index (χ4v) is 2.90. The molecule has 2 aromatic heterocycles. The van der Waals surface area contributed by atoms with Crippen molar-refractivity contribution in [1.29, 1.82) is 0 Å². The van der Waals surface area contributed by atoms with Gasteiger partial charge < -0.3 is 19.2 Å². The largest absolute Gasteiger partial charge is 0.496 e. The number of nitrogens with zero attached hydrogens (tertiary/aromatic N) is 2. The lowest BCUT2D eigenvalue weighted by molar-refractivity contribution is -0.121. The van der Waals surface area contributed by atoms with Crippen molar-refractivity contribution < 1.29 is 9.53 Å². The highest BCUT2D eigenvalue weighted by atomic mass is 16.5. The number of fused-ring (bicyclic) bond motifs is 1. The molecule has 6 nitrogen and oxygen atoms in total. The number of aromatic nitrogens is 2. The van der Waals surface area contributed by atoms with E-state index in [0.29, 0.717) is 18.8 Å². The number of pyridine rings is 1. The normalized spacial score (nSPS) is 10.8. The van der Waals surface area contributed by atoms with Crippen molar-refractivity contribution in [2.45, 2.75) is 20.0 Å². The lowest BCUT2D eigenvalue weighted by Gasteiger charge is -2.12. The Morgan fingerprint density at radius 3 is 2.76 bits per heavy atom. The highest BCUT2D eigenvalue weighted by Gasteiger charge is 2.07. The fraction of sp³-hybridized carbons (Fsp3) is 0.263. The van der Waals surface area contributed by atoms with Crippen LogP contribution in [0.15, 0.2) is 53.5 Å². The van der Waals surface area contributed by atoms with Gasteiger partial charge in [0.2, 0.25) is 5.91 Å². The van der Waals surface area contributed by atoms with Crippen LogP contribution >= 0.6 is 0 Å². The van der Waals surface area contributed by atoms with E-state index >= 15 is 0 Å². The Labute approximate surface area is 145 Å². The van der Waals surface area contributed by atoms with Gasteiger partial charge in [0.25, 0.3) is 5.56 Å². The maximum absolute atomic E-state index is 12.2.